The first-order valence-corrected chi connectivity index (χ1v) is 3.04. The Balaban J connectivity index is 2.85. The van der Waals surface area contributed by atoms with Crippen LogP contribution in [0.25, 0.3) is 0 Å². The number of unbranched alkanes of at least 4 members (excludes halogenated alkanes) is 1. The van der Waals surface area contributed by atoms with Crippen molar-refractivity contribution in [3.63, 3.8) is 0 Å². The average Bonchev–Trinajstić information content (AvgIpc) is 1.66. The van der Waals surface area contributed by atoms with Crippen LogP contribution in [0.15, 0.2) is 0 Å². The Bertz CT molecular complexity index is 74.5. The van der Waals surface area contributed by atoms with Crippen LogP contribution in [0.1, 0.15) is 26.2 Å². The van der Waals surface area contributed by atoms with E-state index in [0.717, 1.165) is 19.3 Å². The second kappa shape index (κ2) is 4.71. The summed E-state index contributed by atoms with van der Waals surface area (Å²) in [6, 6.07) is 0. The second-order valence-electron chi connectivity index (χ2n) is 2.20. The van der Waals surface area contributed by atoms with Crippen molar-refractivity contribution < 1.29 is 0 Å². The molecular weight excluding hydrogens is 96.1 g/mol. The van der Waals surface area contributed by atoms with Gasteiger partial charge in [-0.25, -0.2) is 0 Å². The summed E-state index contributed by atoms with van der Waals surface area (Å²) in [6.45, 7) is 5.95. The molecule has 0 heterocycles. The highest BCUT2D eigenvalue weighted by Crippen LogP contribution is 2.03. The fraction of sp³-hybridized carbons (Fsp3) is 0.625. The number of hydrogen-bond donors (Lipinski definition) is 0. The minimum absolute atomic E-state index is 0.559. The Morgan fingerprint density at radius 1 is 1.75 bits per heavy atom. The first-order chi connectivity index (χ1) is 3.77. The molecule has 0 fully saturated rings. The zero-order valence-electron chi connectivity index (χ0n) is 5.48. The smallest absolute Gasteiger partial charge is 0.00861 e. The first-order valence-electron chi connectivity index (χ1n) is 3.04. The van der Waals surface area contributed by atoms with E-state index in [4.69, 9.17) is 6.42 Å². The lowest BCUT2D eigenvalue weighted by Crippen LogP contribution is -1.85. The van der Waals surface area contributed by atoms with Crippen LogP contribution in [0.4, 0.5) is 0 Å². The molecule has 8 heavy (non-hydrogen) atoms. The van der Waals surface area contributed by atoms with Crippen molar-refractivity contribution in [1.29, 1.82) is 0 Å². The van der Waals surface area contributed by atoms with E-state index in [1.165, 1.54) is 0 Å². The van der Waals surface area contributed by atoms with Gasteiger partial charge >= 0.3 is 0 Å². The van der Waals surface area contributed by atoms with Gasteiger partial charge < -0.3 is 0 Å². The molecule has 1 atom stereocenters. The van der Waals surface area contributed by atoms with E-state index in [1.54, 1.807) is 0 Å². The third kappa shape index (κ3) is 5.56. The summed E-state index contributed by atoms with van der Waals surface area (Å²) in [5, 5.41) is 0. The van der Waals surface area contributed by atoms with Crippen molar-refractivity contribution in [2.24, 2.45) is 5.92 Å². The third-order valence-corrected chi connectivity index (χ3v) is 1.02. The molecule has 0 spiro atoms. The maximum atomic E-state index is 5.04. The van der Waals surface area contributed by atoms with Gasteiger partial charge in [0, 0.05) is 6.42 Å². The Labute approximate surface area is 52.3 Å². The minimum Gasteiger partial charge on any atom is -0.120 e. The normalized spacial score (nSPS) is 9.25. The summed E-state index contributed by atoms with van der Waals surface area (Å²) in [5.74, 6) is 3.15. The van der Waals surface area contributed by atoms with Gasteiger partial charge in [0.25, 0.3) is 0 Å². The molecule has 0 bridgehead atoms. The number of terminal acetylenes is 1. The van der Waals surface area contributed by atoms with Crippen LogP contribution in [0, 0.1) is 25.2 Å². The molecule has 0 nitrogen and oxygen atoms in total. The first kappa shape index (κ1) is 7.56. The maximum Gasteiger partial charge on any atom is 0.00861 e. The molecule has 0 heteroatoms. The quantitative estimate of drug-likeness (QED) is 0.385. The predicted octanol–water partition coefficient (Wildman–Crippen LogP) is 2.26. The van der Waals surface area contributed by atoms with E-state index in [2.05, 4.69) is 19.8 Å². The molecule has 0 saturated carbocycles. The molecule has 0 amide bonds. The van der Waals surface area contributed by atoms with Crippen LogP contribution in [0.3, 0.4) is 0 Å². The lowest BCUT2D eigenvalue weighted by molar-refractivity contribution is 0.613. The zero-order valence-corrected chi connectivity index (χ0v) is 5.48. The van der Waals surface area contributed by atoms with Gasteiger partial charge in [0.1, 0.15) is 0 Å². The van der Waals surface area contributed by atoms with Gasteiger partial charge in [0.2, 0.25) is 0 Å². The summed E-state index contributed by atoms with van der Waals surface area (Å²) in [5.41, 5.74) is 0. The van der Waals surface area contributed by atoms with E-state index < -0.39 is 0 Å². The molecule has 0 aromatic rings. The van der Waals surface area contributed by atoms with E-state index in [-0.39, 0.29) is 0 Å². The molecule has 0 aromatic carbocycles. The average molecular weight is 109 g/mol. The Morgan fingerprint density at radius 3 is 2.75 bits per heavy atom. The zero-order chi connectivity index (χ0) is 6.41. The maximum absolute atomic E-state index is 5.04. The summed E-state index contributed by atoms with van der Waals surface area (Å²) >= 11 is 0. The Kier molecular flexibility index (Phi) is 4.45. The van der Waals surface area contributed by atoms with Crippen molar-refractivity contribution in [3.05, 3.63) is 6.92 Å². The van der Waals surface area contributed by atoms with E-state index in [9.17, 15) is 0 Å². The van der Waals surface area contributed by atoms with Gasteiger partial charge in [-0.2, -0.15) is 0 Å². The number of rotatable bonds is 3. The molecule has 0 aliphatic heterocycles. The highest BCUT2D eigenvalue weighted by Gasteiger charge is 1.90. The molecule has 0 rings (SSSR count). The van der Waals surface area contributed by atoms with Crippen LogP contribution in [-0.2, 0) is 0 Å². The van der Waals surface area contributed by atoms with E-state index in [0.29, 0.717) is 5.92 Å². The second-order valence-corrected chi connectivity index (χ2v) is 2.20. The molecule has 0 aliphatic rings. The van der Waals surface area contributed by atoms with Crippen molar-refractivity contribution in [3.8, 4) is 12.3 Å². The SMILES string of the molecule is C#CCCCC([CH2])C. The van der Waals surface area contributed by atoms with E-state index in [1.807, 2.05) is 0 Å². The van der Waals surface area contributed by atoms with Crippen LogP contribution in [-0.4, -0.2) is 0 Å². The van der Waals surface area contributed by atoms with Crippen LogP contribution in [0.2, 0.25) is 0 Å². The molecule has 1 radical (unpaired) electrons. The van der Waals surface area contributed by atoms with Gasteiger partial charge in [-0.05, 0) is 18.8 Å². The van der Waals surface area contributed by atoms with Crippen molar-refractivity contribution in [2.45, 2.75) is 26.2 Å². The van der Waals surface area contributed by atoms with Crippen molar-refractivity contribution >= 4 is 0 Å². The molecule has 0 aliphatic carbocycles. The van der Waals surface area contributed by atoms with Gasteiger partial charge in [-0.15, -0.1) is 12.3 Å². The summed E-state index contributed by atoms with van der Waals surface area (Å²) in [7, 11) is 0. The minimum atomic E-state index is 0.559. The van der Waals surface area contributed by atoms with Gasteiger partial charge in [0.15, 0.2) is 0 Å². The van der Waals surface area contributed by atoms with Crippen LogP contribution < -0.4 is 0 Å². The Morgan fingerprint density at radius 2 is 2.38 bits per heavy atom. The number of hydrogen-bond acceptors (Lipinski definition) is 0. The Hall–Kier alpha value is -0.440. The molecule has 0 N–H and O–H groups in total. The third-order valence-electron chi connectivity index (χ3n) is 1.02. The highest BCUT2D eigenvalue weighted by molar-refractivity contribution is 4.83. The summed E-state index contributed by atoms with van der Waals surface area (Å²) in [6.07, 6.45) is 8.23. The van der Waals surface area contributed by atoms with Gasteiger partial charge in [-0.3, -0.25) is 0 Å². The van der Waals surface area contributed by atoms with E-state index >= 15 is 0 Å². The molecule has 1 unspecified atom stereocenters. The van der Waals surface area contributed by atoms with Crippen molar-refractivity contribution in [1.82, 2.24) is 0 Å². The predicted molar refractivity (Wildman–Crippen MR) is 37.2 cm³/mol. The van der Waals surface area contributed by atoms with Gasteiger partial charge in [-0.1, -0.05) is 13.8 Å². The van der Waals surface area contributed by atoms with Crippen molar-refractivity contribution in [2.75, 3.05) is 0 Å². The fourth-order valence-corrected chi connectivity index (χ4v) is 0.553. The fourth-order valence-electron chi connectivity index (χ4n) is 0.553. The van der Waals surface area contributed by atoms with Crippen LogP contribution in [0.5, 0.6) is 0 Å². The topological polar surface area (TPSA) is 0 Å². The molecular formula is C8H13. The lowest BCUT2D eigenvalue weighted by atomic mass is 10.1. The highest BCUT2D eigenvalue weighted by atomic mass is 14.0. The summed E-state index contributed by atoms with van der Waals surface area (Å²) < 4.78 is 0. The molecule has 0 saturated heterocycles. The molecule has 45 valence electrons. The van der Waals surface area contributed by atoms with Gasteiger partial charge in [0.05, 0.1) is 0 Å². The standard InChI is InChI=1S/C8H13/c1-4-5-6-7-8(2)3/h1,8H,2,5-7H2,3H3. The molecule has 0 aromatic heterocycles. The largest absolute Gasteiger partial charge is 0.120 e. The summed E-state index contributed by atoms with van der Waals surface area (Å²) in [4.78, 5) is 0. The lowest BCUT2D eigenvalue weighted by Gasteiger charge is -1.98. The van der Waals surface area contributed by atoms with Crippen LogP contribution >= 0.6 is 0 Å². The monoisotopic (exact) mass is 109 g/mol.